The molecule has 1 N–H and O–H groups in total. The molecule has 1 aromatic heterocycles. The third-order valence-corrected chi connectivity index (χ3v) is 5.82. The van der Waals surface area contributed by atoms with Crippen molar-refractivity contribution in [2.24, 2.45) is 7.05 Å². The number of rotatable bonds is 6. The molecule has 6 heteroatoms. The van der Waals surface area contributed by atoms with Gasteiger partial charge < -0.3 is 4.57 Å². The van der Waals surface area contributed by atoms with Gasteiger partial charge in [-0.3, -0.25) is 0 Å². The lowest BCUT2D eigenvalue weighted by atomic mass is 9.97. The highest BCUT2D eigenvalue weighted by Crippen LogP contribution is 2.27. The van der Waals surface area contributed by atoms with Gasteiger partial charge in [-0.05, 0) is 50.1 Å². The summed E-state index contributed by atoms with van der Waals surface area (Å²) >= 11 is 0. The van der Waals surface area contributed by atoms with Crippen LogP contribution in [0.4, 0.5) is 0 Å². The van der Waals surface area contributed by atoms with Crippen LogP contribution in [0.1, 0.15) is 16.7 Å². The fraction of sp³-hybridized carbons (Fsp3) is 0.250. The molecule has 1 heterocycles. The van der Waals surface area contributed by atoms with E-state index in [0.717, 1.165) is 29.7 Å². The number of nitrogens with one attached hydrogen (secondary N) is 1. The van der Waals surface area contributed by atoms with Gasteiger partial charge in [0.15, 0.2) is 0 Å². The first-order chi connectivity index (χ1) is 12.4. The number of hydrogen-bond donors (Lipinski definition) is 1. The lowest BCUT2D eigenvalue weighted by Crippen LogP contribution is -2.18. The van der Waals surface area contributed by atoms with Gasteiger partial charge in [-0.1, -0.05) is 35.9 Å². The molecule has 0 fully saturated rings. The standard InChI is InChI=1S/C20H23N3O2S/c1-15-5-4-6-16(11-15)7-8-17-9-10-18(26(24,25)21-2)12-19(17)20-13-23(3)14-22-20/h4-6,9-14,21H,7-8H2,1-3H3. The Hall–Kier alpha value is -2.44. The van der Waals surface area contributed by atoms with Gasteiger partial charge in [0.2, 0.25) is 10.0 Å². The number of aromatic nitrogens is 2. The molecule has 0 saturated heterocycles. The zero-order chi connectivity index (χ0) is 18.7. The maximum Gasteiger partial charge on any atom is 0.240 e. The van der Waals surface area contributed by atoms with Crippen molar-refractivity contribution in [3.8, 4) is 11.3 Å². The van der Waals surface area contributed by atoms with E-state index in [-0.39, 0.29) is 4.90 Å². The van der Waals surface area contributed by atoms with Crippen LogP contribution in [0.2, 0.25) is 0 Å². The average Bonchev–Trinajstić information content (AvgIpc) is 3.06. The molecule has 0 aliphatic heterocycles. The molecule has 3 aromatic rings. The predicted octanol–water partition coefficient (Wildman–Crippen LogP) is 3.09. The number of aryl methyl sites for hydroxylation is 4. The number of nitrogens with zero attached hydrogens (tertiary/aromatic N) is 2. The van der Waals surface area contributed by atoms with E-state index in [1.54, 1.807) is 18.5 Å². The summed E-state index contributed by atoms with van der Waals surface area (Å²) in [5, 5.41) is 0. The summed E-state index contributed by atoms with van der Waals surface area (Å²) in [4.78, 5) is 4.66. The summed E-state index contributed by atoms with van der Waals surface area (Å²) in [7, 11) is -0.178. The van der Waals surface area contributed by atoms with Crippen molar-refractivity contribution in [3.63, 3.8) is 0 Å². The number of benzene rings is 2. The molecule has 0 saturated carbocycles. The maximum absolute atomic E-state index is 12.2. The lowest BCUT2D eigenvalue weighted by molar-refractivity contribution is 0.588. The van der Waals surface area contributed by atoms with Gasteiger partial charge in [0.1, 0.15) is 0 Å². The molecule has 0 unspecified atom stereocenters. The van der Waals surface area contributed by atoms with E-state index >= 15 is 0 Å². The van der Waals surface area contributed by atoms with Crippen LogP contribution in [0, 0.1) is 6.92 Å². The van der Waals surface area contributed by atoms with Crippen molar-refractivity contribution in [1.82, 2.24) is 14.3 Å². The van der Waals surface area contributed by atoms with Gasteiger partial charge in [-0.2, -0.15) is 0 Å². The Kier molecular flexibility index (Phi) is 5.25. The molecule has 136 valence electrons. The third kappa shape index (κ3) is 4.03. The first-order valence-corrected chi connectivity index (χ1v) is 9.98. The molecule has 0 amide bonds. The molecule has 3 rings (SSSR count). The maximum atomic E-state index is 12.2. The largest absolute Gasteiger partial charge is 0.340 e. The van der Waals surface area contributed by atoms with E-state index in [9.17, 15) is 8.42 Å². The molecule has 0 spiro atoms. The van der Waals surface area contributed by atoms with E-state index in [0.29, 0.717) is 0 Å². The molecule has 0 atom stereocenters. The summed E-state index contributed by atoms with van der Waals surface area (Å²) in [5.74, 6) is 0. The predicted molar refractivity (Wildman–Crippen MR) is 103 cm³/mol. The van der Waals surface area contributed by atoms with Gasteiger partial charge in [0.25, 0.3) is 0 Å². The summed E-state index contributed by atoms with van der Waals surface area (Å²) in [6.45, 7) is 2.08. The van der Waals surface area contributed by atoms with Crippen molar-refractivity contribution in [1.29, 1.82) is 0 Å². The van der Waals surface area contributed by atoms with E-state index < -0.39 is 10.0 Å². The molecule has 0 radical (unpaired) electrons. The fourth-order valence-corrected chi connectivity index (χ4v) is 3.75. The molecular formula is C20H23N3O2S. The number of imidazole rings is 1. The summed E-state index contributed by atoms with van der Waals surface area (Å²) < 4.78 is 28.6. The Morgan fingerprint density at radius 3 is 2.58 bits per heavy atom. The van der Waals surface area contributed by atoms with E-state index in [4.69, 9.17) is 0 Å². The van der Waals surface area contributed by atoms with Crippen LogP contribution in [0.5, 0.6) is 0 Å². The molecule has 5 nitrogen and oxygen atoms in total. The first kappa shape index (κ1) is 18.4. The van der Waals surface area contributed by atoms with Gasteiger partial charge in [-0.25, -0.2) is 18.1 Å². The molecule has 26 heavy (non-hydrogen) atoms. The van der Waals surface area contributed by atoms with Crippen LogP contribution in [-0.4, -0.2) is 25.0 Å². The van der Waals surface area contributed by atoms with Crippen LogP contribution in [0.25, 0.3) is 11.3 Å². The van der Waals surface area contributed by atoms with Crippen molar-refractivity contribution in [2.75, 3.05) is 7.05 Å². The van der Waals surface area contributed by atoms with Crippen molar-refractivity contribution in [2.45, 2.75) is 24.7 Å². The minimum Gasteiger partial charge on any atom is -0.340 e. The molecule has 0 bridgehead atoms. The van der Waals surface area contributed by atoms with E-state index in [1.165, 1.54) is 18.2 Å². The summed E-state index contributed by atoms with van der Waals surface area (Å²) in [6, 6.07) is 13.7. The van der Waals surface area contributed by atoms with E-state index in [1.807, 2.05) is 23.9 Å². The van der Waals surface area contributed by atoms with Gasteiger partial charge in [0, 0.05) is 18.8 Å². The smallest absolute Gasteiger partial charge is 0.240 e. The normalized spacial score (nSPS) is 11.7. The lowest BCUT2D eigenvalue weighted by Gasteiger charge is -2.11. The molecule has 2 aromatic carbocycles. The van der Waals surface area contributed by atoms with Crippen LogP contribution in [-0.2, 0) is 29.9 Å². The molecular weight excluding hydrogens is 346 g/mol. The summed E-state index contributed by atoms with van der Waals surface area (Å²) in [5.41, 5.74) is 5.22. The number of hydrogen-bond acceptors (Lipinski definition) is 3. The second-order valence-electron chi connectivity index (χ2n) is 6.44. The van der Waals surface area contributed by atoms with E-state index in [2.05, 4.69) is 40.9 Å². The first-order valence-electron chi connectivity index (χ1n) is 8.49. The molecule has 0 aliphatic carbocycles. The quantitative estimate of drug-likeness (QED) is 0.726. The Morgan fingerprint density at radius 1 is 1.12 bits per heavy atom. The monoisotopic (exact) mass is 369 g/mol. The van der Waals surface area contributed by atoms with Crippen LogP contribution in [0.3, 0.4) is 0 Å². The minimum absolute atomic E-state index is 0.250. The average molecular weight is 369 g/mol. The Bertz CT molecular complexity index is 1020. The highest BCUT2D eigenvalue weighted by atomic mass is 32.2. The van der Waals surface area contributed by atoms with Gasteiger partial charge in [0.05, 0.1) is 16.9 Å². The fourth-order valence-electron chi connectivity index (χ4n) is 3.00. The van der Waals surface area contributed by atoms with Gasteiger partial charge >= 0.3 is 0 Å². The highest BCUT2D eigenvalue weighted by molar-refractivity contribution is 7.89. The Morgan fingerprint density at radius 2 is 1.92 bits per heavy atom. The minimum atomic E-state index is -3.50. The second-order valence-corrected chi connectivity index (χ2v) is 8.33. The second kappa shape index (κ2) is 7.43. The van der Waals surface area contributed by atoms with Crippen molar-refractivity contribution < 1.29 is 8.42 Å². The van der Waals surface area contributed by atoms with Crippen LogP contribution < -0.4 is 4.72 Å². The Labute approximate surface area is 154 Å². The van der Waals surface area contributed by atoms with Crippen molar-refractivity contribution in [3.05, 3.63) is 71.7 Å². The summed E-state index contributed by atoms with van der Waals surface area (Å²) in [6.07, 6.45) is 5.33. The zero-order valence-electron chi connectivity index (χ0n) is 15.2. The van der Waals surface area contributed by atoms with Gasteiger partial charge in [-0.15, -0.1) is 0 Å². The molecule has 0 aliphatic rings. The zero-order valence-corrected chi connectivity index (χ0v) is 16.0. The number of sulfonamides is 1. The highest BCUT2D eigenvalue weighted by Gasteiger charge is 2.16. The van der Waals surface area contributed by atoms with Crippen LogP contribution in [0.15, 0.2) is 59.9 Å². The topological polar surface area (TPSA) is 64.0 Å². The third-order valence-electron chi connectivity index (χ3n) is 4.41. The Balaban J connectivity index is 1.98. The van der Waals surface area contributed by atoms with Crippen LogP contribution >= 0.6 is 0 Å². The van der Waals surface area contributed by atoms with Crippen molar-refractivity contribution >= 4 is 10.0 Å². The SMILES string of the molecule is CNS(=O)(=O)c1ccc(CCc2cccc(C)c2)c(-c2cn(C)cn2)c1.